The summed E-state index contributed by atoms with van der Waals surface area (Å²) in [5.74, 6) is 2.51. The molecule has 2 heteroatoms. The predicted molar refractivity (Wildman–Crippen MR) is 64.6 cm³/mol. The number of nitrogens with two attached hydrogens (primary N) is 1. The number of fused-ring (bicyclic) bond motifs is 1. The molecule has 1 aliphatic heterocycles. The number of para-hydroxylation sites is 1. The van der Waals surface area contributed by atoms with Gasteiger partial charge in [0.25, 0.3) is 0 Å². The monoisotopic (exact) mass is 217 g/mol. The van der Waals surface area contributed by atoms with Crippen LogP contribution < -0.4 is 10.5 Å². The van der Waals surface area contributed by atoms with Gasteiger partial charge in [0.05, 0.1) is 6.61 Å². The minimum absolute atomic E-state index is 0.447. The molecule has 1 heterocycles. The van der Waals surface area contributed by atoms with Crippen LogP contribution in [0.5, 0.6) is 5.75 Å². The second-order valence-electron chi connectivity index (χ2n) is 5.22. The maximum Gasteiger partial charge on any atom is 0.122 e. The van der Waals surface area contributed by atoms with Crippen molar-refractivity contribution < 1.29 is 4.74 Å². The lowest BCUT2D eigenvalue weighted by Crippen LogP contribution is -2.15. The fourth-order valence-electron chi connectivity index (χ4n) is 3.15. The average molecular weight is 217 g/mol. The Kier molecular flexibility index (Phi) is 2.60. The fourth-order valence-corrected chi connectivity index (χ4v) is 3.15. The van der Waals surface area contributed by atoms with Gasteiger partial charge in [-0.2, -0.15) is 0 Å². The van der Waals surface area contributed by atoms with Gasteiger partial charge in [-0.1, -0.05) is 18.2 Å². The van der Waals surface area contributed by atoms with Gasteiger partial charge in [0.15, 0.2) is 0 Å². The average Bonchev–Trinajstić information content (AvgIpc) is 2.87. The Morgan fingerprint density at radius 2 is 2.12 bits per heavy atom. The van der Waals surface area contributed by atoms with Gasteiger partial charge >= 0.3 is 0 Å². The molecule has 2 N–H and O–H groups in total. The summed E-state index contributed by atoms with van der Waals surface area (Å²) in [6, 6.07) is 8.90. The first-order valence-corrected chi connectivity index (χ1v) is 6.30. The van der Waals surface area contributed by atoms with Crippen molar-refractivity contribution in [3.63, 3.8) is 0 Å². The molecule has 1 aromatic carbocycles. The van der Waals surface area contributed by atoms with E-state index in [9.17, 15) is 0 Å². The van der Waals surface area contributed by atoms with Crippen LogP contribution in [0.1, 0.15) is 37.2 Å². The lowest BCUT2D eigenvalue weighted by atomic mass is 9.89. The van der Waals surface area contributed by atoms with E-state index in [0.717, 1.165) is 18.3 Å². The molecule has 16 heavy (non-hydrogen) atoms. The van der Waals surface area contributed by atoms with Crippen molar-refractivity contribution in [2.45, 2.75) is 37.6 Å². The van der Waals surface area contributed by atoms with Crippen LogP contribution in [0.4, 0.5) is 0 Å². The second-order valence-corrected chi connectivity index (χ2v) is 5.22. The molecule has 3 unspecified atom stereocenters. The zero-order valence-electron chi connectivity index (χ0n) is 9.56. The van der Waals surface area contributed by atoms with Gasteiger partial charge in [-0.15, -0.1) is 0 Å². The molecule has 0 spiro atoms. The Hall–Kier alpha value is -1.02. The summed E-state index contributed by atoms with van der Waals surface area (Å²) in [6.07, 6.45) is 4.98. The number of ether oxygens (including phenoxy) is 1. The van der Waals surface area contributed by atoms with Crippen molar-refractivity contribution in [3.05, 3.63) is 29.8 Å². The van der Waals surface area contributed by atoms with E-state index in [0.29, 0.717) is 12.0 Å². The Morgan fingerprint density at radius 3 is 2.94 bits per heavy atom. The fraction of sp³-hybridized carbons (Fsp3) is 0.571. The first-order valence-electron chi connectivity index (χ1n) is 6.30. The van der Waals surface area contributed by atoms with E-state index in [4.69, 9.17) is 10.5 Å². The molecule has 3 atom stereocenters. The summed E-state index contributed by atoms with van der Waals surface area (Å²) in [5.41, 5.74) is 7.37. The van der Waals surface area contributed by atoms with Gasteiger partial charge in [-0.05, 0) is 37.7 Å². The highest BCUT2D eigenvalue weighted by molar-refractivity contribution is 5.39. The van der Waals surface area contributed by atoms with E-state index in [1.54, 1.807) is 0 Å². The summed E-state index contributed by atoms with van der Waals surface area (Å²) in [7, 11) is 0. The highest BCUT2D eigenvalue weighted by Gasteiger charge is 2.29. The van der Waals surface area contributed by atoms with E-state index in [1.165, 1.54) is 31.2 Å². The third kappa shape index (κ3) is 1.82. The molecule has 1 fully saturated rings. The quantitative estimate of drug-likeness (QED) is 0.826. The molecule has 1 aromatic rings. The largest absolute Gasteiger partial charge is 0.493 e. The van der Waals surface area contributed by atoms with Crippen LogP contribution in [-0.2, 0) is 0 Å². The van der Waals surface area contributed by atoms with Crippen LogP contribution in [0.25, 0.3) is 0 Å². The minimum Gasteiger partial charge on any atom is -0.493 e. The van der Waals surface area contributed by atoms with Gasteiger partial charge in [0.1, 0.15) is 5.75 Å². The van der Waals surface area contributed by atoms with E-state index in [1.807, 2.05) is 6.07 Å². The minimum atomic E-state index is 0.447. The first-order chi connectivity index (χ1) is 7.83. The third-order valence-corrected chi connectivity index (χ3v) is 4.00. The lowest BCUT2D eigenvalue weighted by molar-refractivity contribution is 0.306. The highest BCUT2D eigenvalue weighted by Crippen LogP contribution is 2.40. The van der Waals surface area contributed by atoms with E-state index in [-0.39, 0.29) is 0 Å². The number of rotatable bonds is 2. The Labute approximate surface area is 96.8 Å². The summed E-state index contributed by atoms with van der Waals surface area (Å²) < 4.78 is 5.72. The van der Waals surface area contributed by atoms with Gasteiger partial charge in [-0.3, -0.25) is 0 Å². The normalized spacial score (nSPS) is 32.4. The first kappa shape index (κ1) is 10.2. The highest BCUT2D eigenvalue weighted by atomic mass is 16.5. The molecule has 0 saturated heterocycles. The molecular formula is C14H19NO. The van der Waals surface area contributed by atoms with Crippen LogP contribution in [0.15, 0.2) is 24.3 Å². The third-order valence-electron chi connectivity index (χ3n) is 4.00. The maximum absolute atomic E-state index is 5.96. The Bertz CT molecular complexity index is 377. The zero-order valence-corrected chi connectivity index (χ0v) is 9.56. The molecule has 1 aliphatic carbocycles. The topological polar surface area (TPSA) is 35.2 Å². The molecule has 2 aliphatic rings. The van der Waals surface area contributed by atoms with Crippen LogP contribution in [0, 0.1) is 5.92 Å². The molecule has 86 valence electrons. The summed E-state index contributed by atoms with van der Waals surface area (Å²) in [6.45, 7) is 0.866. The zero-order chi connectivity index (χ0) is 11.0. The van der Waals surface area contributed by atoms with E-state index >= 15 is 0 Å². The standard InChI is InChI=1S/C14H19NO/c15-12-6-5-10(8-12)7-11-9-16-14-4-2-1-3-13(11)14/h1-4,10-12H,5-9,15H2. The molecule has 2 nitrogen and oxygen atoms in total. The van der Waals surface area contributed by atoms with Gasteiger partial charge in [0.2, 0.25) is 0 Å². The van der Waals surface area contributed by atoms with Crippen LogP contribution in [-0.4, -0.2) is 12.6 Å². The van der Waals surface area contributed by atoms with Crippen molar-refractivity contribution in [2.24, 2.45) is 11.7 Å². The summed E-state index contributed by atoms with van der Waals surface area (Å²) >= 11 is 0. The molecule has 0 bridgehead atoms. The lowest BCUT2D eigenvalue weighted by Gasteiger charge is -2.14. The smallest absolute Gasteiger partial charge is 0.122 e. The number of benzene rings is 1. The van der Waals surface area contributed by atoms with Crippen LogP contribution >= 0.6 is 0 Å². The number of hydrogen-bond donors (Lipinski definition) is 1. The van der Waals surface area contributed by atoms with Gasteiger partial charge in [-0.25, -0.2) is 0 Å². The van der Waals surface area contributed by atoms with Gasteiger partial charge < -0.3 is 10.5 Å². The van der Waals surface area contributed by atoms with Gasteiger partial charge in [0, 0.05) is 17.5 Å². The molecular weight excluding hydrogens is 198 g/mol. The maximum atomic E-state index is 5.96. The Balaban J connectivity index is 1.69. The van der Waals surface area contributed by atoms with Crippen molar-refractivity contribution in [2.75, 3.05) is 6.61 Å². The predicted octanol–water partition coefficient (Wildman–Crippen LogP) is 2.68. The molecule has 1 saturated carbocycles. The van der Waals surface area contributed by atoms with Crippen LogP contribution in [0.3, 0.4) is 0 Å². The van der Waals surface area contributed by atoms with E-state index in [2.05, 4.69) is 18.2 Å². The molecule has 0 aromatic heterocycles. The van der Waals surface area contributed by atoms with Crippen molar-refractivity contribution >= 4 is 0 Å². The molecule has 3 rings (SSSR count). The van der Waals surface area contributed by atoms with Crippen molar-refractivity contribution in [1.82, 2.24) is 0 Å². The number of hydrogen-bond acceptors (Lipinski definition) is 2. The Morgan fingerprint density at radius 1 is 1.25 bits per heavy atom. The van der Waals surface area contributed by atoms with Crippen molar-refractivity contribution in [3.8, 4) is 5.75 Å². The SMILES string of the molecule is NC1CCC(CC2COc3ccccc32)C1. The molecule has 0 amide bonds. The van der Waals surface area contributed by atoms with E-state index < -0.39 is 0 Å². The molecule has 0 radical (unpaired) electrons. The summed E-state index contributed by atoms with van der Waals surface area (Å²) in [5, 5.41) is 0. The summed E-state index contributed by atoms with van der Waals surface area (Å²) in [4.78, 5) is 0. The second kappa shape index (κ2) is 4.10. The van der Waals surface area contributed by atoms with Crippen LogP contribution in [0.2, 0.25) is 0 Å². The van der Waals surface area contributed by atoms with Crippen molar-refractivity contribution in [1.29, 1.82) is 0 Å².